The summed E-state index contributed by atoms with van der Waals surface area (Å²) in [5, 5.41) is 5.16. The second-order valence-electron chi connectivity index (χ2n) is 3.62. The van der Waals surface area contributed by atoms with Gasteiger partial charge >= 0.3 is 6.09 Å². The van der Waals surface area contributed by atoms with Gasteiger partial charge in [-0.3, -0.25) is 9.59 Å². The molecule has 1 fully saturated rings. The van der Waals surface area contributed by atoms with Gasteiger partial charge in [0, 0.05) is 20.1 Å². The first-order valence-corrected chi connectivity index (χ1v) is 6.75. The number of ether oxygens (including phenoxy) is 1. The standard InChI is InChI=1S/C10H17N3O4S/c1-11-8(14)6-18-7-9(15)12-2-3-13-4-5-17-10(13)16/h2-7H2,1H3,(H,11,14)(H,12,15). The molecule has 2 N–H and O–H groups in total. The van der Waals surface area contributed by atoms with Gasteiger partial charge < -0.3 is 20.3 Å². The van der Waals surface area contributed by atoms with Gasteiger partial charge in [-0.15, -0.1) is 11.8 Å². The van der Waals surface area contributed by atoms with Crippen molar-refractivity contribution in [2.24, 2.45) is 0 Å². The van der Waals surface area contributed by atoms with Crippen LogP contribution in [0.25, 0.3) is 0 Å². The summed E-state index contributed by atoms with van der Waals surface area (Å²) < 4.78 is 4.75. The van der Waals surface area contributed by atoms with Crippen molar-refractivity contribution in [2.75, 3.05) is 44.8 Å². The second-order valence-corrected chi connectivity index (χ2v) is 4.60. The van der Waals surface area contributed by atoms with Crippen molar-refractivity contribution in [3.63, 3.8) is 0 Å². The number of hydrogen-bond acceptors (Lipinski definition) is 5. The summed E-state index contributed by atoms with van der Waals surface area (Å²) >= 11 is 1.25. The molecule has 1 aliphatic heterocycles. The van der Waals surface area contributed by atoms with Crippen LogP contribution in [-0.4, -0.2) is 67.6 Å². The average Bonchev–Trinajstić information content (AvgIpc) is 2.75. The van der Waals surface area contributed by atoms with Crippen molar-refractivity contribution >= 4 is 29.7 Å². The Hall–Kier alpha value is -1.44. The van der Waals surface area contributed by atoms with E-state index in [0.29, 0.717) is 26.2 Å². The molecule has 102 valence electrons. The van der Waals surface area contributed by atoms with Gasteiger partial charge in [-0.2, -0.15) is 0 Å². The number of amides is 3. The second kappa shape index (κ2) is 7.80. The Morgan fingerprint density at radius 3 is 2.72 bits per heavy atom. The Labute approximate surface area is 110 Å². The highest BCUT2D eigenvalue weighted by Gasteiger charge is 2.20. The maximum absolute atomic E-state index is 11.4. The Morgan fingerprint density at radius 1 is 1.39 bits per heavy atom. The van der Waals surface area contributed by atoms with Crippen LogP contribution >= 0.6 is 11.8 Å². The quantitative estimate of drug-likeness (QED) is 0.624. The van der Waals surface area contributed by atoms with Crippen molar-refractivity contribution in [1.82, 2.24) is 15.5 Å². The molecule has 0 radical (unpaired) electrons. The minimum Gasteiger partial charge on any atom is -0.448 e. The molecule has 0 bridgehead atoms. The molecule has 0 atom stereocenters. The Kier molecular flexibility index (Phi) is 6.34. The van der Waals surface area contributed by atoms with Crippen LogP contribution in [0.5, 0.6) is 0 Å². The minimum atomic E-state index is -0.335. The first-order chi connectivity index (χ1) is 8.63. The molecule has 3 amide bonds. The zero-order valence-corrected chi connectivity index (χ0v) is 11.0. The lowest BCUT2D eigenvalue weighted by Crippen LogP contribution is -2.36. The number of cyclic esters (lactones) is 1. The van der Waals surface area contributed by atoms with E-state index < -0.39 is 0 Å². The van der Waals surface area contributed by atoms with Crippen LogP contribution in [0.2, 0.25) is 0 Å². The smallest absolute Gasteiger partial charge is 0.409 e. The van der Waals surface area contributed by atoms with Crippen LogP contribution in [0.4, 0.5) is 4.79 Å². The number of rotatable bonds is 7. The lowest BCUT2D eigenvalue weighted by atomic mass is 10.5. The third kappa shape index (κ3) is 5.26. The van der Waals surface area contributed by atoms with Crippen molar-refractivity contribution in [3.05, 3.63) is 0 Å². The molecule has 18 heavy (non-hydrogen) atoms. The topological polar surface area (TPSA) is 87.7 Å². The molecule has 1 aliphatic rings. The molecule has 1 saturated heterocycles. The number of nitrogens with zero attached hydrogens (tertiary/aromatic N) is 1. The zero-order chi connectivity index (χ0) is 13.4. The number of carbonyl (C=O) groups is 3. The van der Waals surface area contributed by atoms with Crippen LogP contribution in [0.15, 0.2) is 0 Å². The van der Waals surface area contributed by atoms with Crippen molar-refractivity contribution in [3.8, 4) is 0 Å². The fourth-order valence-electron chi connectivity index (χ4n) is 1.32. The number of carbonyl (C=O) groups excluding carboxylic acids is 3. The fraction of sp³-hybridized carbons (Fsp3) is 0.700. The first kappa shape index (κ1) is 14.6. The molecule has 1 heterocycles. The van der Waals surface area contributed by atoms with E-state index in [-0.39, 0.29) is 29.4 Å². The van der Waals surface area contributed by atoms with Crippen LogP contribution in [0.1, 0.15) is 0 Å². The molecule has 0 saturated carbocycles. The lowest BCUT2D eigenvalue weighted by molar-refractivity contribution is -0.118. The Morgan fingerprint density at radius 2 is 2.11 bits per heavy atom. The summed E-state index contributed by atoms with van der Waals surface area (Å²) in [4.78, 5) is 34.9. The van der Waals surface area contributed by atoms with E-state index >= 15 is 0 Å². The molecular formula is C10H17N3O4S. The van der Waals surface area contributed by atoms with Crippen molar-refractivity contribution < 1.29 is 19.1 Å². The molecule has 0 unspecified atom stereocenters. The van der Waals surface area contributed by atoms with Gasteiger partial charge in [0.15, 0.2) is 0 Å². The molecule has 0 aliphatic carbocycles. The third-order valence-corrected chi connectivity index (χ3v) is 3.23. The zero-order valence-electron chi connectivity index (χ0n) is 10.2. The number of hydrogen-bond donors (Lipinski definition) is 2. The van der Waals surface area contributed by atoms with E-state index in [9.17, 15) is 14.4 Å². The molecule has 0 spiro atoms. The summed E-state index contributed by atoms with van der Waals surface area (Å²) in [6, 6.07) is 0. The number of thioether (sulfide) groups is 1. The highest BCUT2D eigenvalue weighted by molar-refractivity contribution is 8.00. The fourth-order valence-corrected chi connectivity index (χ4v) is 2.04. The summed E-state index contributed by atoms with van der Waals surface area (Å²) in [7, 11) is 1.55. The molecule has 1 rings (SSSR count). The van der Waals surface area contributed by atoms with Gasteiger partial charge in [-0.25, -0.2) is 4.79 Å². The van der Waals surface area contributed by atoms with Crippen LogP contribution < -0.4 is 10.6 Å². The van der Waals surface area contributed by atoms with E-state index in [1.54, 1.807) is 7.05 Å². The first-order valence-electron chi connectivity index (χ1n) is 5.60. The SMILES string of the molecule is CNC(=O)CSCC(=O)NCCN1CCOC1=O. The van der Waals surface area contributed by atoms with Gasteiger partial charge in [-0.05, 0) is 0 Å². The predicted octanol–water partition coefficient (Wildman–Crippen LogP) is -0.966. The van der Waals surface area contributed by atoms with Crippen molar-refractivity contribution in [1.29, 1.82) is 0 Å². The maximum Gasteiger partial charge on any atom is 0.409 e. The normalized spacial score (nSPS) is 14.3. The van der Waals surface area contributed by atoms with Gasteiger partial charge in [0.05, 0.1) is 18.1 Å². The van der Waals surface area contributed by atoms with E-state index in [4.69, 9.17) is 4.74 Å². The number of nitrogens with one attached hydrogen (secondary N) is 2. The lowest BCUT2D eigenvalue weighted by Gasteiger charge is -2.12. The largest absolute Gasteiger partial charge is 0.448 e. The molecular weight excluding hydrogens is 258 g/mol. The molecule has 8 heteroatoms. The molecule has 7 nitrogen and oxygen atoms in total. The van der Waals surface area contributed by atoms with Gasteiger partial charge in [-0.1, -0.05) is 0 Å². The summed E-state index contributed by atoms with van der Waals surface area (Å²) in [5.74, 6) is 0.254. The van der Waals surface area contributed by atoms with E-state index in [1.807, 2.05) is 0 Å². The monoisotopic (exact) mass is 275 g/mol. The predicted molar refractivity (Wildman–Crippen MR) is 67.3 cm³/mol. The third-order valence-electron chi connectivity index (χ3n) is 2.29. The van der Waals surface area contributed by atoms with Crippen LogP contribution in [0, 0.1) is 0 Å². The van der Waals surface area contributed by atoms with Crippen LogP contribution in [-0.2, 0) is 14.3 Å². The van der Waals surface area contributed by atoms with E-state index in [1.165, 1.54) is 16.7 Å². The molecule has 0 aromatic rings. The van der Waals surface area contributed by atoms with E-state index in [2.05, 4.69) is 10.6 Å². The maximum atomic E-state index is 11.4. The van der Waals surface area contributed by atoms with Crippen LogP contribution in [0.3, 0.4) is 0 Å². The molecule has 0 aromatic heterocycles. The summed E-state index contributed by atoms with van der Waals surface area (Å²) in [6.45, 7) is 1.83. The highest BCUT2D eigenvalue weighted by Crippen LogP contribution is 2.01. The van der Waals surface area contributed by atoms with Gasteiger partial charge in [0.2, 0.25) is 11.8 Å². The van der Waals surface area contributed by atoms with Gasteiger partial charge in [0.25, 0.3) is 0 Å². The van der Waals surface area contributed by atoms with E-state index in [0.717, 1.165) is 0 Å². The Bertz CT molecular complexity index is 324. The summed E-state index contributed by atoms with van der Waals surface area (Å²) in [6.07, 6.45) is -0.335. The Balaban J connectivity index is 2.03. The highest BCUT2D eigenvalue weighted by atomic mass is 32.2. The van der Waals surface area contributed by atoms with Crippen molar-refractivity contribution in [2.45, 2.75) is 0 Å². The summed E-state index contributed by atoms with van der Waals surface area (Å²) in [5.41, 5.74) is 0. The van der Waals surface area contributed by atoms with Gasteiger partial charge in [0.1, 0.15) is 6.61 Å². The average molecular weight is 275 g/mol. The molecule has 0 aromatic carbocycles. The minimum absolute atomic E-state index is 0.104.